The summed E-state index contributed by atoms with van der Waals surface area (Å²) < 4.78 is 32.5. The predicted molar refractivity (Wildman–Crippen MR) is 79.0 cm³/mol. The van der Waals surface area contributed by atoms with Gasteiger partial charge in [-0.15, -0.1) is 0 Å². The first kappa shape index (κ1) is 14.5. The molecule has 0 amide bonds. The Morgan fingerprint density at radius 2 is 2.16 bits per heavy atom. The van der Waals surface area contributed by atoms with Gasteiger partial charge in [-0.05, 0) is 56.5 Å². The van der Waals surface area contributed by atoms with Crippen molar-refractivity contribution in [1.82, 2.24) is 4.72 Å². The van der Waals surface area contributed by atoms with Crippen molar-refractivity contribution < 1.29 is 13.2 Å². The first-order valence-corrected chi connectivity index (χ1v) is 8.59. The number of nitrogens with one attached hydrogen (secondary N) is 1. The van der Waals surface area contributed by atoms with Crippen LogP contribution in [0.25, 0.3) is 0 Å². The van der Waals surface area contributed by atoms with E-state index >= 15 is 0 Å². The Labute approximate surface area is 124 Å². The highest BCUT2D eigenvalue weighted by Crippen LogP contribution is 2.27. The molecular weight excluding hydrogens is 350 g/mol. The van der Waals surface area contributed by atoms with Gasteiger partial charge in [-0.25, -0.2) is 13.1 Å². The molecule has 1 N–H and O–H groups in total. The van der Waals surface area contributed by atoms with Crippen LogP contribution < -0.4 is 9.46 Å². The molecule has 1 heterocycles. The van der Waals surface area contributed by atoms with E-state index in [2.05, 4.69) is 20.7 Å². The fourth-order valence-electron chi connectivity index (χ4n) is 1.47. The summed E-state index contributed by atoms with van der Waals surface area (Å²) in [5.74, 6) is 0.594. The summed E-state index contributed by atoms with van der Waals surface area (Å²) in [5.41, 5.74) is 0.946. The van der Waals surface area contributed by atoms with Crippen LogP contribution in [0.4, 0.5) is 0 Å². The lowest BCUT2D eigenvalue weighted by Gasteiger charge is -2.08. The van der Waals surface area contributed by atoms with Crippen LogP contribution in [0.2, 0.25) is 0 Å². The van der Waals surface area contributed by atoms with Crippen LogP contribution in [0.5, 0.6) is 5.75 Å². The van der Waals surface area contributed by atoms with Crippen molar-refractivity contribution in [2.45, 2.75) is 11.4 Å². The van der Waals surface area contributed by atoms with E-state index in [4.69, 9.17) is 4.74 Å². The lowest BCUT2D eigenvalue weighted by atomic mass is 10.3. The van der Waals surface area contributed by atoms with E-state index in [0.29, 0.717) is 10.2 Å². The minimum atomic E-state index is -3.51. The second-order valence-electron chi connectivity index (χ2n) is 3.75. The second kappa shape index (κ2) is 6.04. The number of rotatable bonds is 5. The molecule has 0 aliphatic rings. The van der Waals surface area contributed by atoms with Crippen molar-refractivity contribution in [3.63, 3.8) is 0 Å². The highest BCUT2D eigenvalue weighted by molar-refractivity contribution is 9.10. The molecule has 0 fully saturated rings. The average molecular weight is 362 g/mol. The lowest BCUT2D eigenvalue weighted by Crippen LogP contribution is -2.23. The van der Waals surface area contributed by atoms with Gasteiger partial charge >= 0.3 is 0 Å². The summed E-state index contributed by atoms with van der Waals surface area (Å²) in [6.45, 7) is 0.287. The zero-order valence-corrected chi connectivity index (χ0v) is 13.3. The fourth-order valence-corrected chi connectivity index (χ4v) is 3.87. The predicted octanol–water partition coefficient (Wildman–Crippen LogP) is 3.00. The summed E-state index contributed by atoms with van der Waals surface area (Å²) in [6.07, 6.45) is 0. The number of benzene rings is 1. The van der Waals surface area contributed by atoms with Crippen LogP contribution >= 0.6 is 27.3 Å². The minimum absolute atomic E-state index is 0.204. The fraction of sp³-hybridized carbons (Fsp3) is 0.167. The summed E-state index contributed by atoms with van der Waals surface area (Å²) in [5, 5.41) is 3.82. The van der Waals surface area contributed by atoms with Gasteiger partial charge in [0.15, 0.2) is 0 Å². The summed E-state index contributed by atoms with van der Waals surface area (Å²) in [6, 6.07) is 6.54. The third-order valence-electron chi connectivity index (χ3n) is 2.48. The molecule has 0 unspecified atom stereocenters. The van der Waals surface area contributed by atoms with E-state index in [1.807, 2.05) is 16.8 Å². The Morgan fingerprint density at radius 3 is 2.74 bits per heavy atom. The van der Waals surface area contributed by atoms with Crippen LogP contribution in [0.1, 0.15) is 5.56 Å². The van der Waals surface area contributed by atoms with Crippen molar-refractivity contribution in [2.75, 3.05) is 7.11 Å². The van der Waals surface area contributed by atoms with Gasteiger partial charge in [0.25, 0.3) is 0 Å². The van der Waals surface area contributed by atoms with Gasteiger partial charge in [-0.3, -0.25) is 0 Å². The van der Waals surface area contributed by atoms with Crippen LogP contribution in [0, 0.1) is 0 Å². The average Bonchev–Trinajstić information content (AvgIpc) is 2.89. The van der Waals surface area contributed by atoms with Crippen molar-refractivity contribution in [3.8, 4) is 5.75 Å². The molecule has 1 aromatic carbocycles. The number of methoxy groups -OCH3 is 1. The van der Waals surface area contributed by atoms with E-state index in [9.17, 15) is 8.42 Å². The molecule has 0 spiro atoms. The third kappa shape index (κ3) is 3.56. The molecule has 2 aromatic rings. The number of halogens is 1. The van der Waals surface area contributed by atoms with E-state index in [0.717, 1.165) is 5.56 Å². The maximum Gasteiger partial charge on any atom is 0.240 e. The zero-order chi connectivity index (χ0) is 13.9. The molecule has 0 atom stereocenters. The van der Waals surface area contributed by atoms with Crippen LogP contribution in [-0.4, -0.2) is 15.5 Å². The van der Waals surface area contributed by atoms with Gasteiger partial charge in [-0.1, -0.05) is 0 Å². The second-order valence-corrected chi connectivity index (χ2v) is 7.15. The lowest BCUT2D eigenvalue weighted by molar-refractivity contribution is 0.411. The van der Waals surface area contributed by atoms with Crippen LogP contribution in [-0.2, 0) is 16.6 Å². The van der Waals surface area contributed by atoms with Gasteiger partial charge in [0.1, 0.15) is 5.75 Å². The van der Waals surface area contributed by atoms with Crippen LogP contribution in [0.3, 0.4) is 0 Å². The molecule has 0 aliphatic carbocycles. The molecule has 0 saturated heterocycles. The van der Waals surface area contributed by atoms with Crippen molar-refractivity contribution >= 4 is 37.3 Å². The van der Waals surface area contributed by atoms with E-state index < -0.39 is 10.0 Å². The molecule has 19 heavy (non-hydrogen) atoms. The van der Waals surface area contributed by atoms with Crippen molar-refractivity contribution in [1.29, 1.82) is 0 Å². The molecule has 0 aliphatic heterocycles. The van der Waals surface area contributed by atoms with Gasteiger partial charge in [0.05, 0.1) is 16.5 Å². The Bertz CT molecular complexity index is 654. The van der Waals surface area contributed by atoms with Gasteiger partial charge < -0.3 is 4.74 Å². The van der Waals surface area contributed by atoms with Gasteiger partial charge in [0, 0.05) is 6.54 Å². The standard InChI is InChI=1S/C12H12BrNO3S2/c1-17-12-3-2-10(6-11(12)13)19(15,16)14-7-9-4-5-18-8-9/h2-6,8,14H,7H2,1H3. The zero-order valence-electron chi connectivity index (χ0n) is 10.1. The molecule has 1 aromatic heterocycles. The largest absolute Gasteiger partial charge is 0.496 e. The summed E-state index contributed by atoms with van der Waals surface area (Å²) in [4.78, 5) is 0.204. The van der Waals surface area contributed by atoms with Gasteiger partial charge in [0.2, 0.25) is 10.0 Å². The highest BCUT2D eigenvalue weighted by atomic mass is 79.9. The topological polar surface area (TPSA) is 55.4 Å². The SMILES string of the molecule is COc1ccc(S(=O)(=O)NCc2ccsc2)cc1Br. The summed E-state index contributed by atoms with van der Waals surface area (Å²) >= 11 is 4.81. The molecule has 102 valence electrons. The maximum atomic E-state index is 12.1. The van der Waals surface area contributed by atoms with Crippen LogP contribution in [0.15, 0.2) is 44.4 Å². The molecule has 0 radical (unpaired) electrons. The third-order valence-corrected chi connectivity index (χ3v) is 5.23. The molecule has 7 heteroatoms. The number of sulfonamides is 1. The highest BCUT2D eigenvalue weighted by Gasteiger charge is 2.15. The molecule has 0 saturated carbocycles. The van der Waals surface area contributed by atoms with Crippen molar-refractivity contribution in [2.24, 2.45) is 0 Å². The van der Waals surface area contributed by atoms with Gasteiger partial charge in [-0.2, -0.15) is 11.3 Å². The Hall–Kier alpha value is -0.890. The minimum Gasteiger partial charge on any atom is -0.496 e. The Kier molecular flexibility index (Phi) is 4.62. The maximum absolute atomic E-state index is 12.1. The quantitative estimate of drug-likeness (QED) is 0.890. The Balaban J connectivity index is 2.17. The van der Waals surface area contributed by atoms with E-state index in [-0.39, 0.29) is 11.4 Å². The number of thiophene rings is 1. The smallest absolute Gasteiger partial charge is 0.240 e. The van der Waals surface area contributed by atoms with E-state index in [1.165, 1.54) is 30.6 Å². The monoisotopic (exact) mass is 361 g/mol. The van der Waals surface area contributed by atoms with Crippen molar-refractivity contribution in [3.05, 3.63) is 45.1 Å². The molecular formula is C12H12BrNO3S2. The number of hydrogen-bond donors (Lipinski definition) is 1. The first-order valence-electron chi connectivity index (χ1n) is 5.37. The normalized spacial score (nSPS) is 11.5. The Morgan fingerprint density at radius 1 is 1.37 bits per heavy atom. The van der Waals surface area contributed by atoms with E-state index in [1.54, 1.807) is 6.07 Å². The number of ether oxygens (including phenoxy) is 1. The molecule has 0 bridgehead atoms. The molecule has 4 nitrogen and oxygen atoms in total. The first-order chi connectivity index (χ1) is 9.03. The number of hydrogen-bond acceptors (Lipinski definition) is 4. The summed E-state index contributed by atoms with van der Waals surface area (Å²) in [7, 11) is -1.98. The molecule has 2 rings (SSSR count).